The van der Waals surface area contributed by atoms with Crippen LogP contribution in [0.3, 0.4) is 0 Å². The number of sulfonamides is 1. The summed E-state index contributed by atoms with van der Waals surface area (Å²) in [5, 5.41) is 3.22. The van der Waals surface area contributed by atoms with Crippen LogP contribution in [0.15, 0.2) is 77.7 Å². The monoisotopic (exact) mass is 545 g/mol. The van der Waals surface area contributed by atoms with E-state index >= 15 is 0 Å². The second kappa shape index (κ2) is 12.2. The summed E-state index contributed by atoms with van der Waals surface area (Å²) in [7, 11) is -4.20. The van der Waals surface area contributed by atoms with Crippen LogP contribution in [-0.4, -0.2) is 44.3 Å². The first kappa shape index (κ1) is 28.1. The lowest BCUT2D eigenvalue weighted by molar-refractivity contribution is -0.139. The van der Waals surface area contributed by atoms with Crippen LogP contribution in [0.2, 0.25) is 5.02 Å². The highest BCUT2D eigenvalue weighted by atomic mass is 35.5. The fourth-order valence-corrected chi connectivity index (χ4v) is 5.20. The molecule has 0 saturated heterocycles. The van der Waals surface area contributed by atoms with Gasteiger partial charge in [0.25, 0.3) is 10.0 Å². The number of rotatable bonds is 10. The van der Waals surface area contributed by atoms with Gasteiger partial charge in [-0.3, -0.25) is 13.9 Å². The SMILES string of the molecule is CCNC(=O)[C@H](C)N(Cc1ccc(Cl)cc1)C(=O)CN(c1ccc(F)cc1)S(=O)(=O)c1ccc(C)cc1. The maximum absolute atomic E-state index is 13.7. The molecular formula is C27H29ClFN3O4S. The maximum atomic E-state index is 13.7. The standard InChI is InChI=1S/C27H29ClFN3O4S/c1-4-30-27(34)20(3)31(17-21-7-9-22(28)10-8-21)26(33)18-32(24-13-11-23(29)12-14-24)37(35,36)25-15-5-19(2)6-16-25/h5-16,20H,4,17-18H2,1-3H3,(H,30,34)/t20-/m0/s1. The zero-order valence-corrected chi connectivity index (χ0v) is 22.4. The van der Waals surface area contributed by atoms with E-state index in [1.807, 2.05) is 6.92 Å². The molecule has 0 radical (unpaired) electrons. The Morgan fingerprint density at radius 2 is 1.57 bits per heavy atom. The van der Waals surface area contributed by atoms with Gasteiger partial charge in [0.1, 0.15) is 18.4 Å². The number of anilines is 1. The van der Waals surface area contributed by atoms with E-state index in [0.717, 1.165) is 22.0 Å². The van der Waals surface area contributed by atoms with Gasteiger partial charge in [0.15, 0.2) is 0 Å². The lowest BCUT2D eigenvalue weighted by Crippen LogP contribution is -2.51. The minimum atomic E-state index is -4.20. The molecule has 0 heterocycles. The van der Waals surface area contributed by atoms with Crippen LogP contribution in [0.5, 0.6) is 0 Å². The first-order valence-electron chi connectivity index (χ1n) is 11.7. The number of hydrogen-bond acceptors (Lipinski definition) is 4. The number of nitrogens with zero attached hydrogens (tertiary/aromatic N) is 2. The molecule has 0 aliphatic carbocycles. The maximum Gasteiger partial charge on any atom is 0.264 e. The minimum absolute atomic E-state index is 0.0174. The van der Waals surface area contributed by atoms with Gasteiger partial charge in [-0.1, -0.05) is 41.4 Å². The molecule has 0 unspecified atom stereocenters. The summed E-state index contributed by atoms with van der Waals surface area (Å²) < 4.78 is 41.9. The van der Waals surface area contributed by atoms with E-state index in [-0.39, 0.29) is 23.0 Å². The van der Waals surface area contributed by atoms with Crippen molar-refractivity contribution in [2.75, 3.05) is 17.4 Å². The Morgan fingerprint density at radius 1 is 0.973 bits per heavy atom. The third-order valence-corrected chi connectivity index (χ3v) is 7.83. The second-order valence-electron chi connectivity index (χ2n) is 8.52. The van der Waals surface area contributed by atoms with Gasteiger partial charge in [-0.25, -0.2) is 12.8 Å². The lowest BCUT2D eigenvalue weighted by atomic mass is 10.1. The van der Waals surface area contributed by atoms with E-state index in [9.17, 15) is 22.4 Å². The van der Waals surface area contributed by atoms with Gasteiger partial charge in [-0.15, -0.1) is 0 Å². The van der Waals surface area contributed by atoms with Crippen molar-refractivity contribution in [1.82, 2.24) is 10.2 Å². The number of hydrogen-bond donors (Lipinski definition) is 1. The molecule has 196 valence electrons. The van der Waals surface area contributed by atoms with Crippen molar-refractivity contribution in [3.8, 4) is 0 Å². The molecule has 10 heteroatoms. The van der Waals surface area contributed by atoms with E-state index < -0.39 is 34.3 Å². The minimum Gasteiger partial charge on any atom is -0.355 e. The molecular weight excluding hydrogens is 517 g/mol. The number of benzene rings is 3. The molecule has 0 fully saturated rings. The van der Waals surface area contributed by atoms with E-state index in [1.165, 1.54) is 29.2 Å². The Bertz CT molecular complexity index is 1330. The molecule has 0 saturated carbocycles. The predicted molar refractivity (Wildman–Crippen MR) is 142 cm³/mol. The first-order chi connectivity index (χ1) is 17.5. The van der Waals surface area contributed by atoms with E-state index in [4.69, 9.17) is 11.6 Å². The van der Waals surface area contributed by atoms with Crippen molar-refractivity contribution in [1.29, 1.82) is 0 Å². The molecule has 3 aromatic rings. The van der Waals surface area contributed by atoms with Crippen LogP contribution in [0.4, 0.5) is 10.1 Å². The highest BCUT2D eigenvalue weighted by molar-refractivity contribution is 7.92. The van der Waals surface area contributed by atoms with Gasteiger partial charge in [0.05, 0.1) is 10.6 Å². The third-order valence-electron chi connectivity index (χ3n) is 5.79. The zero-order valence-electron chi connectivity index (χ0n) is 20.8. The molecule has 0 bridgehead atoms. The Labute approximate surface area is 221 Å². The van der Waals surface area contributed by atoms with Crippen molar-refractivity contribution in [3.05, 3.63) is 94.8 Å². The van der Waals surface area contributed by atoms with Gasteiger partial charge >= 0.3 is 0 Å². The number of carbonyl (C=O) groups excluding carboxylic acids is 2. The summed E-state index contributed by atoms with van der Waals surface area (Å²) in [6.07, 6.45) is 0. The van der Waals surface area contributed by atoms with Crippen LogP contribution in [-0.2, 0) is 26.2 Å². The van der Waals surface area contributed by atoms with Gasteiger partial charge in [0.2, 0.25) is 11.8 Å². The zero-order chi connectivity index (χ0) is 27.2. The predicted octanol–water partition coefficient (Wildman–Crippen LogP) is 4.54. The molecule has 1 atom stereocenters. The van der Waals surface area contributed by atoms with Crippen LogP contribution in [0, 0.1) is 12.7 Å². The summed E-state index contributed by atoms with van der Waals surface area (Å²) in [4.78, 5) is 27.7. The van der Waals surface area contributed by atoms with Crippen molar-refractivity contribution >= 4 is 39.1 Å². The van der Waals surface area contributed by atoms with Crippen molar-refractivity contribution < 1.29 is 22.4 Å². The number of halogens is 2. The van der Waals surface area contributed by atoms with Gasteiger partial charge in [-0.05, 0) is 74.9 Å². The van der Waals surface area contributed by atoms with Crippen molar-refractivity contribution in [3.63, 3.8) is 0 Å². The van der Waals surface area contributed by atoms with Gasteiger partial charge in [0, 0.05) is 18.1 Å². The summed E-state index contributed by atoms with van der Waals surface area (Å²) in [6, 6.07) is 17.0. The van der Waals surface area contributed by atoms with Crippen molar-refractivity contribution in [2.24, 2.45) is 0 Å². The summed E-state index contributed by atoms with van der Waals surface area (Å²) >= 11 is 5.99. The third kappa shape index (κ3) is 7.08. The highest BCUT2D eigenvalue weighted by Crippen LogP contribution is 2.25. The van der Waals surface area contributed by atoms with E-state index in [1.54, 1.807) is 50.2 Å². The van der Waals surface area contributed by atoms with E-state index in [0.29, 0.717) is 17.1 Å². The Kier molecular flexibility index (Phi) is 9.29. The second-order valence-corrected chi connectivity index (χ2v) is 10.8. The van der Waals surface area contributed by atoms with Crippen LogP contribution in [0.25, 0.3) is 0 Å². The normalized spacial score (nSPS) is 12.0. The van der Waals surface area contributed by atoms with E-state index in [2.05, 4.69) is 5.32 Å². The molecule has 3 aromatic carbocycles. The fourth-order valence-electron chi connectivity index (χ4n) is 3.66. The average Bonchev–Trinajstić information content (AvgIpc) is 2.87. The molecule has 1 N–H and O–H groups in total. The van der Waals surface area contributed by atoms with Gasteiger partial charge < -0.3 is 10.2 Å². The Morgan fingerprint density at radius 3 is 2.14 bits per heavy atom. The number of nitrogens with one attached hydrogen (secondary N) is 1. The smallest absolute Gasteiger partial charge is 0.264 e. The fraction of sp³-hybridized carbons (Fsp3) is 0.259. The molecule has 0 spiro atoms. The molecule has 0 aliphatic heterocycles. The largest absolute Gasteiger partial charge is 0.355 e. The molecule has 3 rings (SSSR count). The van der Waals surface area contributed by atoms with Crippen molar-refractivity contribution in [2.45, 2.75) is 38.3 Å². The molecule has 0 aromatic heterocycles. The van der Waals surface area contributed by atoms with Crippen LogP contribution in [0.1, 0.15) is 25.0 Å². The number of aryl methyl sites for hydroxylation is 1. The number of carbonyl (C=O) groups is 2. The summed E-state index contributed by atoms with van der Waals surface area (Å²) in [5.74, 6) is -1.52. The first-order valence-corrected chi connectivity index (χ1v) is 13.5. The Balaban J connectivity index is 2.01. The van der Waals surface area contributed by atoms with Crippen LogP contribution >= 0.6 is 11.6 Å². The molecule has 37 heavy (non-hydrogen) atoms. The quantitative estimate of drug-likeness (QED) is 0.405. The highest BCUT2D eigenvalue weighted by Gasteiger charge is 2.32. The molecule has 7 nitrogen and oxygen atoms in total. The average molecular weight is 546 g/mol. The molecule has 2 amide bonds. The Hall–Kier alpha value is -3.43. The molecule has 0 aliphatic rings. The number of likely N-dealkylation sites (N-methyl/N-ethyl adjacent to an activating group) is 1. The summed E-state index contributed by atoms with van der Waals surface area (Å²) in [6.45, 7) is 5.00. The number of amides is 2. The topological polar surface area (TPSA) is 86.8 Å². The van der Waals surface area contributed by atoms with Crippen LogP contribution < -0.4 is 9.62 Å². The van der Waals surface area contributed by atoms with Gasteiger partial charge in [-0.2, -0.15) is 0 Å². The summed E-state index contributed by atoms with van der Waals surface area (Å²) in [5.41, 5.74) is 1.70. The lowest BCUT2D eigenvalue weighted by Gasteiger charge is -2.32.